The van der Waals surface area contributed by atoms with Crippen molar-refractivity contribution in [3.8, 4) is 16.2 Å². The van der Waals surface area contributed by atoms with Crippen LogP contribution in [0, 0.1) is 0 Å². The molecule has 3 heterocycles. The Bertz CT molecular complexity index is 1370. The Balaban J connectivity index is 1.33. The van der Waals surface area contributed by atoms with Gasteiger partial charge < -0.3 is 14.8 Å². The fourth-order valence-corrected chi connectivity index (χ4v) is 5.02. The zero-order valence-corrected chi connectivity index (χ0v) is 19.9. The number of anilines is 2. The molecule has 2 aromatic heterocycles. The molecular weight excluding hydrogens is 491 g/mol. The number of hydrogen-bond acceptors (Lipinski definition) is 7. The van der Waals surface area contributed by atoms with Crippen LogP contribution in [0.5, 0.6) is 5.75 Å². The molecule has 1 aliphatic rings. The number of nitrogens with zero attached hydrogens (tertiary/aromatic N) is 2. The van der Waals surface area contributed by atoms with Crippen molar-refractivity contribution in [3.63, 3.8) is 0 Å². The highest BCUT2D eigenvalue weighted by Gasteiger charge is 2.41. The van der Waals surface area contributed by atoms with E-state index in [4.69, 9.17) is 4.74 Å². The number of carbonyl (C=O) groups excluding carboxylic acids is 1. The number of morpholine rings is 1. The second-order valence-corrected chi connectivity index (χ2v) is 9.36. The van der Waals surface area contributed by atoms with Gasteiger partial charge in [0.25, 0.3) is 0 Å². The van der Waals surface area contributed by atoms with E-state index in [-0.39, 0.29) is 5.75 Å². The number of ether oxygens (including phenoxy) is 2. The van der Waals surface area contributed by atoms with Gasteiger partial charge in [-0.1, -0.05) is 30.3 Å². The maximum atomic E-state index is 12.5. The molecule has 4 aromatic rings. The Morgan fingerprint density at radius 2 is 1.86 bits per heavy atom. The van der Waals surface area contributed by atoms with Crippen molar-refractivity contribution in [2.45, 2.75) is 12.7 Å². The van der Waals surface area contributed by atoms with E-state index in [0.717, 1.165) is 59.2 Å². The van der Waals surface area contributed by atoms with E-state index in [1.807, 2.05) is 6.07 Å². The fraction of sp³-hybridized carbons (Fsp3) is 0.231. The first-order valence-corrected chi connectivity index (χ1v) is 12.1. The molecule has 10 heteroatoms. The highest BCUT2D eigenvalue weighted by molar-refractivity contribution is 7.22. The van der Waals surface area contributed by atoms with E-state index >= 15 is 0 Å². The standard InChI is InChI=1S/C26H22F3N3O3S/c27-26(28,29)25(33)35-20-3-1-2-19(14-20)31-21-8-9-30-22-15-23(36-24(21)22)18-6-4-17(5-7-18)16-32-10-12-34-13-11-32/h1-9,14-15H,10-13,16H2,(H,30,31). The van der Waals surface area contributed by atoms with Crippen molar-refractivity contribution in [1.82, 2.24) is 9.88 Å². The molecule has 1 N–H and O–H groups in total. The number of alkyl halides is 3. The van der Waals surface area contributed by atoms with Gasteiger partial charge in [-0.15, -0.1) is 11.3 Å². The van der Waals surface area contributed by atoms with Crippen molar-refractivity contribution in [1.29, 1.82) is 0 Å². The largest absolute Gasteiger partial charge is 0.491 e. The first-order chi connectivity index (χ1) is 17.3. The zero-order valence-electron chi connectivity index (χ0n) is 19.0. The van der Waals surface area contributed by atoms with Crippen LogP contribution in [0.25, 0.3) is 20.7 Å². The third-order valence-corrected chi connectivity index (χ3v) is 6.92. The lowest BCUT2D eigenvalue weighted by Crippen LogP contribution is -2.35. The number of carbonyl (C=O) groups is 1. The number of rotatable bonds is 6. The van der Waals surface area contributed by atoms with E-state index in [9.17, 15) is 18.0 Å². The predicted molar refractivity (Wildman–Crippen MR) is 133 cm³/mol. The fourth-order valence-electron chi connectivity index (χ4n) is 3.93. The van der Waals surface area contributed by atoms with Crippen LogP contribution in [0.2, 0.25) is 0 Å². The van der Waals surface area contributed by atoms with Crippen LogP contribution >= 0.6 is 11.3 Å². The summed E-state index contributed by atoms with van der Waals surface area (Å²) in [6, 6.07) is 18.1. The molecule has 0 unspecified atom stereocenters. The molecule has 186 valence electrons. The minimum absolute atomic E-state index is 0.198. The Morgan fingerprint density at radius 1 is 1.08 bits per heavy atom. The average Bonchev–Trinajstić information content (AvgIpc) is 3.30. The van der Waals surface area contributed by atoms with E-state index in [1.54, 1.807) is 29.7 Å². The van der Waals surface area contributed by atoms with E-state index in [1.165, 1.54) is 23.8 Å². The number of thiophene rings is 1. The third-order valence-electron chi connectivity index (χ3n) is 5.72. The summed E-state index contributed by atoms with van der Waals surface area (Å²) in [7, 11) is 0. The maximum absolute atomic E-state index is 12.5. The Labute approximate surface area is 209 Å². The van der Waals surface area contributed by atoms with Gasteiger partial charge in [-0.25, -0.2) is 4.79 Å². The van der Waals surface area contributed by atoms with Crippen molar-refractivity contribution in [2.24, 2.45) is 0 Å². The van der Waals surface area contributed by atoms with Gasteiger partial charge in [-0.3, -0.25) is 9.88 Å². The predicted octanol–water partition coefficient (Wildman–Crippen LogP) is 6.01. The van der Waals surface area contributed by atoms with Gasteiger partial charge in [0.15, 0.2) is 0 Å². The summed E-state index contributed by atoms with van der Waals surface area (Å²) in [4.78, 5) is 19.0. The van der Waals surface area contributed by atoms with Crippen LogP contribution < -0.4 is 10.1 Å². The number of benzene rings is 2. The number of pyridine rings is 1. The Morgan fingerprint density at radius 3 is 2.61 bits per heavy atom. The smallest absolute Gasteiger partial charge is 0.420 e. The minimum atomic E-state index is -5.06. The molecule has 36 heavy (non-hydrogen) atoms. The van der Waals surface area contributed by atoms with Crippen molar-refractivity contribution in [3.05, 3.63) is 72.4 Å². The monoisotopic (exact) mass is 513 g/mol. The van der Waals surface area contributed by atoms with Gasteiger partial charge in [0, 0.05) is 42.5 Å². The lowest BCUT2D eigenvalue weighted by atomic mass is 10.1. The van der Waals surface area contributed by atoms with Crippen LogP contribution in [0.15, 0.2) is 66.9 Å². The SMILES string of the molecule is O=C(Oc1cccc(Nc2ccnc3cc(-c4ccc(CN5CCOCC5)cc4)sc23)c1)C(F)(F)F. The summed E-state index contributed by atoms with van der Waals surface area (Å²) in [6.07, 6.45) is -3.39. The first kappa shape index (κ1) is 24.2. The summed E-state index contributed by atoms with van der Waals surface area (Å²) >= 11 is 1.57. The number of nitrogens with one attached hydrogen (secondary N) is 1. The molecule has 0 spiro atoms. The van der Waals surface area contributed by atoms with Crippen LogP contribution in [0.3, 0.4) is 0 Å². The van der Waals surface area contributed by atoms with Gasteiger partial charge in [-0.05, 0) is 35.4 Å². The van der Waals surface area contributed by atoms with Crippen molar-refractivity contribution >= 4 is 38.9 Å². The molecule has 0 amide bonds. The topological polar surface area (TPSA) is 63.7 Å². The third kappa shape index (κ3) is 5.67. The lowest BCUT2D eigenvalue weighted by molar-refractivity contribution is -0.189. The van der Waals surface area contributed by atoms with Gasteiger partial charge in [0.2, 0.25) is 0 Å². The highest BCUT2D eigenvalue weighted by Crippen LogP contribution is 2.38. The first-order valence-electron chi connectivity index (χ1n) is 11.3. The zero-order chi connectivity index (χ0) is 25.1. The quantitative estimate of drug-likeness (QED) is 0.252. The second-order valence-electron chi connectivity index (χ2n) is 8.31. The Hall–Kier alpha value is -3.47. The molecule has 5 rings (SSSR count). The summed E-state index contributed by atoms with van der Waals surface area (Å²) < 4.78 is 48.3. The summed E-state index contributed by atoms with van der Waals surface area (Å²) in [5.74, 6) is -2.46. The average molecular weight is 514 g/mol. The maximum Gasteiger partial charge on any atom is 0.491 e. The number of fused-ring (bicyclic) bond motifs is 1. The van der Waals surface area contributed by atoms with Gasteiger partial charge in [0.1, 0.15) is 5.75 Å². The van der Waals surface area contributed by atoms with Gasteiger partial charge >= 0.3 is 12.1 Å². The second kappa shape index (κ2) is 10.3. The molecule has 1 saturated heterocycles. The molecule has 1 fully saturated rings. The molecular formula is C26H22F3N3O3S. The van der Waals surface area contributed by atoms with Gasteiger partial charge in [0.05, 0.1) is 29.1 Å². The summed E-state index contributed by atoms with van der Waals surface area (Å²) in [5, 5.41) is 3.20. The normalized spacial score (nSPS) is 14.6. The molecule has 0 bridgehead atoms. The molecule has 1 aliphatic heterocycles. The molecule has 0 radical (unpaired) electrons. The molecule has 0 saturated carbocycles. The van der Waals surface area contributed by atoms with Crippen molar-refractivity contribution < 1.29 is 27.4 Å². The molecule has 6 nitrogen and oxygen atoms in total. The number of aromatic nitrogens is 1. The van der Waals surface area contributed by atoms with Crippen LogP contribution in [-0.2, 0) is 16.1 Å². The van der Waals surface area contributed by atoms with Gasteiger partial charge in [-0.2, -0.15) is 13.2 Å². The molecule has 0 atom stereocenters. The Kier molecular flexibility index (Phi) is 6.90. The summed E-state index contributed by atoms with van der Waals surface area (Å²) in [5.41, 5.74) is 4.36. The lowest BCUT2D eigenvalue weighted by Gasteiger charge is -2.26. The van der Waals surface area contributed by atoms with E-state index < -0.39 is 12.1 Å². The van der Waals surface area contributed by atoms with Crippen LogP contribution in [0.4, 0.5) is 24.5 Å². The molecule has 2 aromatic carbocycles. The minimum Gasteiger partial charge on any atom is -0.420 e. The van der Waals surface area contributed by atoms with Crippen LogP contribution in [0.1, 0.15) is 5.56 Å². The van der Waals surface area contributed by atoms with E-state index in [0.29, 0.717) is 5.69 Å². The highest BCUT2D eigenvalue weighted by atomic mass is 32.1. The number of hydrogen-bond donors (Lipinski definition) is 1. The van der Waals surface area contributed by atoms with Crippen LogP contribution in [-0.4, -0.2) is 48.3 Å². The number of esters is 1. The number of halogens is 3. The van der Waals surface area contributed by atoms with E-state index in [2.05, 4.69) is 44.2 Å². The molecule has 0 aliphatic carbocycles. The van der Waals surface area contributed by atoms with Crippen molar-refractivity contribution in [2.75, 3.05) is 31.6 Å². The summed E-state index contributed by atoms with van der Waals surface area (Å²) in [6.45, 7) is 4.31.